The Morgan fingerprint density at radius 3 is 2.61 bits per heavy atom. The van der Waals surface area contributed by atoms with Crippen LogP contribution in [0.2, 0.25) is 0 Å². The Morgan fingerprint density at radius 1 is 1.33 bits per heavy atom. The molecule has 2 rings (SSSR count). The van der Waals surface area contributed by atoms with E-state index in [0.717, 1.165) is 31.4 Å². The normalized spacial score (nSPS) is 21.2. The summed E-state index contributed by atoms with van der Waals surface area (Å²) in [7, 11) is 0. The van der Waals surface area contributed by atoms with E-state index in [0.29, 0.717) is 11.6 Å². The highest BCUT2D eigenvalue weighted by atomic mass is 19.4. The molecule has 5 heteroatoms. The van der Waals surface area contributed by atoms with Crippen LogP contribution in [0.15, 0.2) is 18.2 Å². The van der Waals surface area contributed by atoms with Crippen molar-refractivity contribution in [3.8, 4) is 0 Å². The summed E-state index contributed by atoms with van der Waals surface area (Å²) in [6.45, 7) is 6.33. The van der Waals surface area contributed by atoms with Crippen LogP contribution in [0, 0.1) is 6.92 Å². The lowest BCUT2D eigenvalue weighted by Gasteiger charge is -2.34. The van der Waals surface area contributed by atoms with Gasteiger partial charge in [0.15, 0.2) is 0 Å². The Labute approximate surface area is 105 Å². The number of alkyl halides is 3. The fourth-order valence-corrected chi connectivity index (χ4v) is 2.34. The van der Waals surface area contributed by atoms with Crippen molar-refractivity contribution in [3.63, 3.8) is 0 Å². The molecule has 1 aliphatic heterocycles. The van der Waals surface area contributed by atoms with E-state index >= 15 is 0 Å². The molecule has 1 aromatic carbocycles. The molecule has 0 spiro atoms. The number of halogens is 3. The molecule has 0 radical (unpaired) electrons. The average molecular weight is 258 g/mol. The van der Waals surface area contributed by atoms with Gasteiger partial charge in [0.1, 0.15) is 0 Å². The number of hydrogen-bond donors (Lipinski definition) is 1. The van der Waals surface area contributed by atoms with E-state index in [1.807, 2.05) is 0 Å². The molecule has 0 bridgehead atoms. The van der Waals surface area contributed by atoms with Crippen LogP contribution in [0.25, 0.3) is 0 Å². The van der Waals surface area contributed by atoms with Crippen molar-refractivity contribution in [3.05, 3.63) is 29.3 Å². The Morgan fingerprint density at radius 2 is 2.06 bits per heavy atom. The first-order valence-corrected chi connectivity index (χ1v) is 6.04. The predicted octanol–water partition coefficient (Wildman–Crippen LogP) is 2.81. The quantitative estimate of drug-likeness (QED) is 0.833. The molecular formula is C13H17F3N2. The van der Waals surface area contributed by atoms with Crippen molar-refractivity contribution in [2.75, 3.05) is 24.5 Å². The summed E-state index contributed by atoms with van der Waals surface area (Å²) in [6.07, 6.45) is -4.26. The van der Waals surface area contributed by atoms with E-state index in [1.165, 1.54) is 6.07 Å². The summed E-state index contributed by atoms with van der Waals surface area (Å²) in [5.74, 6) is 0. The first kappa shape index (κ1) is 13.2. The largest absolute Gasteiger partial charge is 0.416 e. The monoisotopic (exact) mass is 258 g/mol. The maximum atomic E-state index is 12.6. The molecule has 100 valence electrons. The minimum Gasteiger partial charge on any atom is -0.368 e. The number of nitrogens with one attached hydrogen (secondary N) is 1. The zero-order chi connectivity index (χ0) is 13.3. The van der Waals surface area contributed by atoms with Crippen molar-refractivity contribution in [2.24, 2.45) is 0 Å². The van der Waals surface area contributed by atoms with Crippen molar-refractivity contribution in [1.82, 2.24) is 5.32 Å². The average Bonchev–Trinajstić information content (AvgIpc) is 2.27. The summed E-state index contributed by atoms with van der Waals surface area (Å²) in [4.78, 5) is 2.14. The van der Waals surface area contributed by atoms with Gasteiger partial charge in [0, 0.05) is 31.4 Å². The van der Waals surface area contributed by atoms with E-state index in [1.54, 1.807) is 13.0 Å². The lowest BCUT2D eigenvalue weighted by Crippen LogP contribution is -2.49. The second-order valence-electron chi connectivity index (χ2n) is 4.80. The maximum absolute atomic E-state index is 12.6. The topological polar surface area (TPSA) is 15.3 Å². The van der Waals surface area contributed by atoms with Crippen LogP contribution in [-0.4, -0.2) is 25.7 Å². The van der Waals surface area contributed by atoms with E-state index in [9.17, 15) is 13.2 Å². The highest BCUT2D eigenvalue weighted by molar-refractivity contribution is 5.55. The first-order chi connectivity index (χ1) is 8.38. The number of anilines is 1. The molecular weight excluding hydrogens is 241 g/mol. The second kappa shape index (κ2) is 4.80. The van der Waals surface area contributed by atoms with Gasteiger partial charge in [-0.3, -0.25) is 0 Å². The van der Waals surface area contributed by atoms with Crippen molar-refractivity contribution >= 4 is 5.69 Å². The smallest absolute Gasteiger partial charge is 0.368 e. The van der Waals surface area contributed by atoms with E-state index in [2.05, 4.69) is 17.1 Å². The van der Waals surface area contributed by atoms with Crippen LogP contribution in [0.4, 0.5) is 18.9 Å². The number of aryl methyl sites for hydroxylation is 1. The van der Waals surface area contributed by atoms with Gasteiger partial charge in [0.2, 0.25) is 0 Å². The molecule has 1 atom stereocenters. The minimum atomic E-state index is -4.26. The molecule has 18 heavy (non-hydrogen) atoms. The summed E-state index contributed by atoms with van der Waals surface area (Å²) >= 11 is 0. The molecule has 0 saturated carbocycles. The fraction of sp³-hybridized carbons (Fsp3) is 0.538. The van der Waals surface area contributed by atoms with E-state index in [4.69, 9.17) is 0 Å². The highest BCUT2D eigenvalue weighted by Crippen LogP contribution is 2.32. The lowest BCUT2D eigenvalue weighted by molar-refractivity contribution is -0.137. The zero-order valence-electron chi connectivity index (χ0n) is 10.5. The van der Waals surface area contributed by atoms with Crippen LogP contribution in [-0.2, 0) is 6.18 Å². The maximum Gasteiger partial charge on any atom is 0.416 e. The molecule has 0 aliphatic carbocycles. The SMILES string of the molecule is Cc1cc(C(F)(F)F)ccc1N1CCNC(C)C1. The second-order valence-corrected chi connectivity index (χ2v) is 4.80. The van der Waals surface area contributed by atoms with Gasteiger partial charge in [-0.2, -0.15) is 13.2 Å². The summed E-state index contributed by atoms with van der Waals surface area (Å²) in [5, 5.41) is 3.32. The van der Waals surface area contributed by atoms with E-state index in [-0.39, 0.29) is 0 Å². The summed E-state index contributed by atoms with van der Waals surface area (Å²) in [5.41, 5.74) is 1.00. The Balaban J connectivity index is 2.24. The number of nitrogens with zero attached hydrogens (tertiary/aromatic N) is 1. The lowest BCUT2D eigenvalue weighted by atomic mass is 10.1. The summed E-state index contributed by atoms with van der Waals surface area (Å²) < 4.78 is 37.7. The van der Waals surface area contributed by atoms with Gasteiger partial charge in [0.25, 0.3) is 0 Å². The molecule has 1 unspecified atom stereocenters. The van der Waals surface area contributed by atoms with Crippen LogP contribution in [0.5, 0.6) is 0 Å². The van der Waals surface area contributed by atoms with Gasteiger partial charge in [0.05, 0.1) is 5.56 Å². The Kier molecular flexibility index (Phi) is 3.52. The third kappa shape index (κ3) is 2.77. The van der Waals surface area contributed by atoms with Gasteiger partial charge in [-0.1, -0.05) is 0 Å². The fourth-order valence-electron chi connectivity index (χ4n) is 2.34. The Hall–Kier alpha value is -1.23. The number of hydrogen-bond acceptors (Lipinski definition) is 2. The highest BCUT2D eigenvalue weighted by Gasteiger charge is 2.31. The van der Waals surface area contributed by atoms with Crippen molar-refractivity contribution < 1.29 is 13.2 Å². The van der Waals surface area contributed by atoms with Gasteiger partial charge in [-0.05, 0) is 37.6 Å². The molecule has 1 aromatic rings. The molecule has 1 fully saturated rings. The van der Waals surface area contributed by atoms with Crippen molar-refractivity contribution in [1.29, 1.82) is 0 Å². The molecule has 0 amide bonds. The summed E-state index contributed by atoms with van der Waals surface area (Å²) in [6, 6.07) is 4.33. The van der Waals surface area contributed by atoms with Crippen LogP contribution >= 0.6 is 0 Å². The Bertz CT molecular complexity index is 429. The van der Waals surface area contributed by atoms with Gasteiger partial charge < -0.3 is 10.2 Å². The third-order valence-electron chi connectivity index (χ3n) is 3.23. The number of piperazine rings is 1. The van der Waals surface area contributed by atoms with Gasteiger partial charge in [-0.15, -0.1) is 0 Å². The minimum absolute atomic E-state index is 0.362. The predicted molar refractivity (Wildman–Crippen MR) is 65.9 cm³/mol. The number of rotatable bonds is 1. The molecule has 1 aliphatic rings. The van der Waals surface area contributed by atoms with E-state index < -0.39 is 11.7 Å². The first-order valence-electron chi connectivity index (χ1n) is 6.04. The molecule has 1 heterocycles. The molecule has 1 N–H and O–H groups in total. The van der Waals surface area contributed by atoms with Crippen LogP contribution in [0.1, 0.15) is 18.1 Å². The molecule has 1 saturated heterocycles. The van der Waals surface area contributed by atoms with Crippen molar-refractivity contribution in [2.45, 2.75) is 26.1 Å². The molecule has 0 aromatic heterocycles. The van der Waals surface area contributed by atoms with Gasteiger partial charge >= 0.3 is 6.18 Å². The third-order valence-corrected chi connectivity index (χ3v) is 3.23. The van der Waals surface area contributed by atoms with Gasteiger partial charge in [-0.25, -0.2) is 0 Å². The standard InChI is InChI=1S/C13H17F3N2/c1-9-7-11(13(14,15)16)3-4-12(9)18-6-5-17-10(2)8-18/h3-4,7,10,17H,5-6,8H2,1-2H3. The van der Waals surface area contributed by atoms with Crippen LogP contribution in [0.3, 0.4) is 0 Å². The van der Waals surface area contributed by atoms with Crippen LogP contribution < -0.4 is 10.2 Å². The zero-order valence-corrected chi connectivity index (χ0v) is 10.5. The number of benzene rings is 1. The molecule has 2 nitrogen and oxygen atoms in total.